The van der Waals surface area contributed by atoms with E-state index >= 15 is 0 Å². The Morgan fingerprint density at radius 2 is 1.92 bits per heavy atom. The second-order valence-electron chi connectivity index (χ2n) is 6.76. The molecular weight excluding hydrogens is 304 g/mol. The van der Waals surface area contributed by atoms with E-state index in [-0.39, 0.29) is 18.1 Å². The fourth-order valence-corrected chi connectivity index (χ4v) is 3.98. The van der Waals surface area contributed by atoms with Crippen molar-refractivity contribution >= 4 is 18.0 Å². The van der Waals surface area contributed by atoms with Crippen LogP contribution in [-0.2, 0) is 6.54 Å². The van der Waals surface area contributed by atoms with Crippen LogP contribution in [0, 0.1) is 11.8 Å². The predicted molar refractivity (Wildman–Crippen MR) is 91.8 cm³/mol. The Labute approximate surface area is 140 Å². The Hall–Kier alpha value is -2.28. The van der Waals surface area contributed by atoms with Crippen LogP contribution in [0.25, 0.3) is 0 Å². The zero-order valence-corrected chi connectivity index (χ0v) is 13.5. The minimum absolute atomic E-state index is 0.0449. The quantitative estimate of drug-likeness (QED) is 0.760. The third kappa shape index (κ3) is 2.80. The first-order valence-electron chi connectivity index (χ1n) is 8.58. The summed E-state index contributed by atoms with van der Waals surface area (Å²) in [6.07, 6.45) is 7.65. The van der Waals surface area contributed by atoms with E-state index in [2.05, 4.69) is 25.8 Å². The van der Waals surface area contributed by atoms with Gasteiger partial charge < -0.3 is 16.4 Å². The largest absolute Gasteiger partial charge is 0.333 e. The molecule has 126 valence electrons. The van der Waals surface area contributed by atoms with Gasteiger partial charge in [-0.25, -0.2) is 4.79 Å². The molecule has 4 rings (SSSR count). The van der Waals surface area contributed by atoms with E-state index in [4.69, 9.17) is 5.73 Å². The summed E-state index contributed by atoms with van der Waals surface area (Å²) in [5.74, 6) is 0.657. The Bertz CT molecular complexity index is 683. The molecule has 4 N–H and O–H groups in total. The summed E-state index contributed by atoms with van der Waals surface area (Å²) in [6, 6.07) is 4.39. The molecular formula is C17H22N6O. The van der Waals surface area contributed by atoms with Gasteiger partial charge in [0.05, 0.1) is 23.5 Å². The summed E-state index contributed by atoms with van der Waals surface area (Å²) in [6.45, 7) is 0.486. The van der Waals surface area contributed by atoms with Crippen LogP contribution in [0.15, 0.2) is 28.5 Å². The minimum atomic E-state index is -0.0449. The molecule has 1 saturated carbocycles. The lowest BCUT2D eigenvalue weighted by Gasteiger charge is -2.32. The predicted octanol–water partition coefficient (Wildman–Crippen LogP) is 1.19. The molecule has 24 heavy (non-hydrogen) atoms. The highest BCUT2D eigenvalue weighted by Crippen LogP contribution is 2.33. The minimum Gasteiger partial charge on any atom is -0.333 e. The number of nitrogens with zero attached hydrogens (tertiary/aromatic N) is 3. The molecule has 1 aromatic heterocycles. The number of pyridine rings is 1. The maximum atomic E-state index is 11.6. The Balaban J connectivity index is 1.57. The van der Waals surface area contributed by atoms with E-state index in [1.54, 1.807) is 0 Å². The van der Waals surface area contributed by atoms with Crippen LogP contribution < -0.4 is 16.4 Å². The van der Waals surface area contributed by atoms with Gasteiger partial charge in [-0.2, -0.15) is 10.2 Å². The van der Waals surface area contributed by atoms with E-state index < -0.39 is 0 Å². The molecule has 0 bridgehead atoms. The Kier molecular flexibility index (Phi) is 4.02. The van der Waals surface area contributed by atoms with Crippen molar-refractivity contribution < 1.29 is 4.79 Å². The van der Waals surface area contributed by atoms with Gasteiger partial charge in [-0.05, 0) is 37.3 Å². The lowest BCUT2D eigenvalue weighted by Crippen LogP contribution is -2.40. The number of carbonyl (C=O) groups excluding carboxylic acids is 1. The third-order valence-corrected chi connectivity index (χ3v) is 5.33. The molecule has 3 heterocycles. The molecule has 4 unspecified atom stereocenters. The number of hydrogen-bond acceptors (Lipinski definition) is 5. The van der Waals surface area contributed by atoms with Crippen LogP contribution in [0.4, 0.5) is 4.79 Å². The molecule has 4 atom stereocenters. The van der Waals surface area contributed by atoms with Crippen molar-refractivity contribution in [2.45, 2.75) is 44.3 Å². The van der Waals surface area contributed by atoms with Crippen molar-refractivity contribution in [3.63, 3.8) is 0 Å². The van der Waals surface area contributed by atoms with E-state index in [9.17, 15) is 4.79 Å². The maximum Gasteiger partial charge on any atom is 0.315 e. The van der Waals surface area contributed by atoms with Gasteiger partial charge in [0.2, 0.25) is 0 Å². The molecule has 0 spiro atoms. The number of aromatic nitrogens is 1. The van der Waals surface area contributed by atoms with Crippen LogP contribution >= 0.6 is 0 Å². The summed E-state index contributed by atoms with van der Waals surface area (Å²) in [5, 5.41) is 14.7. The summed E-state index contributed by atoms with van der Waals surface area (Å²) in [4.78, 5) is 16.1. The summed E-state index contributed by atoms with van der Waals surface area (Å²) >= 11 is 0. The number of fused-ring (bicyclic) bond motifs is 2. The first-order chi connectivity index (χ1) is 11.7. The first-order valence-corrected chi connectivity index (χ1v) is 8.58. The van der Waals surface area contributed by atoms with E-state index in [0.717, 1.165) is 42.7 Å². The van der Waals surface area contributed by atoms with Gasteiger partial charge in [-0.15, -0.1) is 0 Å². The second-order valence-corrected chi connectivity index (χ2v) is 6.76. The van der Waals surface area contributed by atoms with E-state index in [0.29, 0.717) is 18.4 Å². The van der Waals surface area contributed by atoms with E-state index in [1.807, 2.05) is 24.5 Å². The zero-order chi connectivity index (χ0) is 16.5. The topological polar surface area (TPSA) is 105 Å². The van der Waals surface area contributed by atoms with Gasteiger partial charge in [0.1, 0.15) is 0 Å². The van der Waals surface area contributed by atoms with Crippen LogP contribution in [0.3, 0.4) is 0 Å². The van der Waals surface area contributed by atoms with Crippen LogP contribution in [-0.4, -0.2) is 35.0 Å². The first kappa shape index (κ1) is 15.3. The average molecular weight is 326 g/mol. The van der Waals surface area contributed by atoms with Gasteiger partial charge in [0.15, 0.2) is 0 Å². The number of nitrogens with two attached hydrogens (primary N) is 1. The Morgan fingerprint density at radius 1 is 1.12 bits per heavy atom. The van der Waals surface area contributed by atoms with Crippen molar-refractivity contribution in [2.24, 2.45) is 27.8 Å². The highest BCUT2D eigenvalue weighted by molar-refractivity contribution is 6.03. The van der Waals surface area contributed by atoms with Crippen molar-refractivity contribution in [3.8, 4) is 0 Å². The van der Waals surface area contributed by atoms with Gasteiger partial charge in [-0.1, -0.05) is 6.07 Å². The molecule has 2 fully saturated rings. The maximum absolute atomic E-state index is 11.6. The van der Waals surface area contributed by atoms with Gasteiger partial charge in [0.25, 0.3) is 0 Å². The molecule has 3 aliphatic rings. The molecule has 2 aliphatic heterocycles. The molecule has 1 saturated heterocycles. The fraction of sp³-hybridized carbons (Fsp3) is 0.529. The standard InChI is InChI=1S/C17H22N6O/c18-7-10-1-4-15(19-8-10)16-12-3-6-14-13(21-17(24)22-14)5-2-11(12)9-20-23-16/h1,4,8-9,11-14H,2-3,5-7,18H2,(H2,21,22,24). The SMILES string of the molecule is NCc1ccc(C2=NN=CC3CCC4NC(=O)NC4CCC23)nc1. The second kappa shape index (κ2) is 6.32. The number of rotatable bonds is 2. The number of urea groups is 1. The number of amides is 2. The average Bonchev–Trinajstić information content (AvgIpc) is 2.95. The van der Waals surface area contributed by atoms with Crippen LogP contribution in [0.1, 0.15) is 36.9 Å². The van der Waals surface area contributed by atoms with Gasteiger partial charge in [-0.3, -0.25) is 4.98 Å². The molecule has 0 radical (unpaired) electrons. The number of nitrogens with one attached hydrogen (secondary N) is 2. The summed E-state index contributed by atoms with van der Waals surface area (Å²) < 4.78 is 0. The number of carbonyl (C=O) groups is 1. The normalized spacial score (nSPS) is 31.9. The van der Waals surface area contributed by atoms with Gasteiger partial charge >= 0.3 is 6.03 Å². The van der Waals surface area contributed by atoms with Crippen molar-refractivity contribution in [1.82, 2.24) is 15.6 Å². The zero-order valence-electron chi connectivity index (χ0n) is 13.5. The fourth-order valence-electron chi connectivity index (χ4n) is 3.98. The van der Waals surface area contributed by atoms with Crippen LogP contribution in [0.2, 0.25) is 0 Å². The van der Waals surface area contributed by atoms with Crippen molar-refractivity contribution in [2.75, 3.05) is 0 Å². The smallest absolute Gasteiger partial charge is 0.315 e. The van der Waals surface area contributed by atoms with Crippen LogP contribution in [0.5, 0.6) is 0 Å². The molecule has 1 aromatic rings. The lowest BCUT2D eigenvalue weighted by molar-refractivity contribution is 0.246. The molecule has 0 aromatic carbocycles. The van der Waals surface area contributed by atoms with Crippen molar-refractivity contribution in [1.29, 1.82) is 0 Å². The molecule has 7 nitrogen and oxygen atoms in total. The molecule has 2 amide bonds. The third-order valence-electron chi connectivity index (χ3n) is 5.33. The van der Waals surface area contributed by atoms with E-state index in [1.165, 1.54) is 0 Å². The highest BCUT2D eigenvalue weighted by Gasteiger charge is 2.38. The van der Waals surface area contributed by atoms with Crippen molar-refractivity contribution in [3.05, 3.63) is 29.6 Å². The summed E-state index contributed by atoms with van der Waals surface area (Å²) in [7, 11) is 0. The Morgan fingerprint density at radius 3 is 2.62 bits per heavy atom. The lowest BCUT2D eigenvalue weighted by atomic mass is 9.76. The monoisotopic (exact) mass is 326 g/mol. The number of hydrogen-bond donors (Lipinski definition) is 3. The molecule has 7 heteroatoms. The highest BCUT2D eigenvalue weighted by atomic mass is 16.2. The molecule has 1 aliphatic carbocycles. The summed E-state index contributed by atoms with van der Waals surface area (Å²) in [5.41, 5.74) is 8.50. The van der Waals surface area contributed by atoms with Gasteiger partial charge in [0, 0.05) is 30.8 Å².